The van der Waals surface area contributed by atoms with Crippen molar-refractivity contribution < 1.29 is 19.1 Å². The Kier molecular flexibility index (Phi) is 2.95. The molecular formula is C14H14N2O4S. The van der Waals surface area contributed by atoms with E-state index in [1.807, 2.05) is 18.2 Å². The molecule has 0 aliphatic carbocycles. The molecule has 3 aliphatic heterocycles. The number of carbonyl (C=O) groups excluding carboxylic acids is 2. The number of piperazine rings is 1. The van der Waals surface area contributed by atoms with Crippen LogP contribution in [-0.2, 0) is 16.1 Å². The highest BCUT2D eigenvalue weighted by molar-refractivity contribution is 7.99. The van der Waals surface area contributed by atoms with Crippen molar-refractivity contribution in [2.45, 2.75) is 12.6 Å². The molecule has 21 heavy (non-hydrogen) atoms. The molecular weight excluding hydrogens is 292 g/mol. The molecule has 0 spiro atoms. The molecule has 2 amide bonds. The van der Waals surface area contributed by atoms with Gasteiger partial charge >= 0.3 is 0 Å². The van der Waals surface area contributed by atoms with Crippen molar-refractivity contribution in [1.82, 2.24) is 9.80 Å². The number of thioether (sulfide) groups is 1. The Balaban J connectivity index is 1.54. The van der Waals surface area contributed by atoms with Gasteiger partial charge in [0.1, 0.15) is 12.6 Å². The van der Waals surface area contributed by atoms with E-state index < -0.39 is 0 Å². The average molecular weight is 306 g/mol. The molecule has 0 unspecified atom stereocenters. The fourth-order valence-electron chi connectivity index (χ4n) is 2.83. The molecule has 2 fully saturated rings. The summed E-state index contributed by atoms with van der Waals surface area (Å²) in [5, 5.41) is 0. The second-order valence-electron chi connectivity index (χ2n) is 5.26. The molecule has 110 valence electrons. The van der Waals surface area contributed by atoms with Gasteiger partial charge in [-0.2, -0.15) is 0 Å². The van der Waals surface area contributed by atoms with E-state index in [9.17, 15) is 9.59 Å². The fourth-order valence-corrected chi connectivity index (χ4v) is 4.00. The predicted molar refractivity (Wildman–Crippen MR) is 75.9 cm³/mol. The van der Waals surface area contributed by atoms with Crippen LogP contribution in [0.1, 0.15) is 5.56 Å². The van der Waals surface area contributed by atoms with E-state index in [4.69, 9.17) is 9.47 Å². The molecule has 6 nitrogen and oxygen atoms in total. The summed E-state index contributed by atoms with van der Waals surface area (Å²) in [6.07, 6.45) is 0. The summed E-state index contributed by atoms with van der Waals surface area (Å²) < 4.78 is 10.6. The van der Waals surface area contributed by atoms with Crippen molar-refractivity contribution in [3.05, 3.63) is 23.8 Å². The van der Waals surface area contributed by atoms with Crippen LogP contribution < -0.4 is 9.47 Å². The minimum absolute atomic E-state index is 0.0327. The maximum Gasteiger partial charge on any atom is 0.247 e. The van der Waals surface area contributed by atoms with E-state index in [1.165, 1.54) is 0 Å². The number of hydrogen-bond donors (Lipinski definition) is 0. The first kappa shape index (κ1) is 12.8. The van der Waals surface area contributed by atoms with Gasteiger partial charge < -0.3 is 19.3 Å². The molecule has 0 bridgehead atoms. The third kappa shape index (κ3) is 2.12. The maximum absolute atomic E-state index is 12.5. The van der Waals surface area contributed by atoms with Gasteiger partial charge in [-0.05, 0) is 17.7 Å². The van der Waals surface area contributed by atoms with Gasteiger partial charge in [0.15, 0.2) is 11.5 Å². The van der Waals surface area contributed by atoms with E-state index >= 15 is 0 Å². The lowest BCUT2D eigenvalue weighted by Crippen LogP contribution is -2.57. The van der Waals surface area contributed by atoms with Gasteiger partial charge in [-0.15, -0.1) is 11.8 Å². The molecule has 2 saturated heterocycles. The number of carbonyl (C=O) groups is 2. The van der Waals surface area contributed by atoms with Gasteiger partial charge in [0.05, 0.1) is 5.88 Å². The van der Waals surface area contributed by atoms with Gasteiger partial charge in [-0.3, -0.25) is 9.59 Å². The van der Waals surface area contributed by atoms with Crippen LogP contribution in [0.15, 0.2) is 18.2 Å². The van der Waals surface area contributed by atoms with Crippen LogP contribution in [0.5, 0.6) is 11.5 Å². The van der Waals surface area contributed by atoms with Crippen molar-refractivity contribution in [3.8, 4) is 11.5 Å². The molecule has 1 aromatic carbocycles. The first-order chi connectivity index (χ1) is 10.2. The Labute approximate surface area is 126 Å². The highest BCUT2D eigenvalue weighted by Crippen LogP contribution is 2.33. The van der Waals surface area contributed by atoms with E-state index in [2.05, 4.69) is 0 Å². The zero-order chi connectivity index (χ0) is 14.4. The number of fused-ring (bicyclic) bond motifs is 2. The lowest BCUT2D eigenvalue weighted by atomic mass is 10.1. The van der Waals surface area contributed by atoms with Gasteiger partial charge in [0, 0.05) is 12.3 Å². The Morgan fingerprint density at radius 1 is 1.24 bits per heavy atom. The van der Waals surface area contributed by atoms with Crippen LogP contribution in [0, 0.1) is 0 Å². The molecule has 3 heterocycles. The van der Waals surface area contributed by atoms with E-state index in [0.717, 1.165) is 11.3 Å². The van der Waals surface area contributed by atoms with Crippen LogP contribution >= 0.6 is 11.8 Å². The van der Waals surface area contributed by atoms with Crippen LogP contribution in [-0.4, -0.2) is 52.6 Å². The van der Waals surface area contributed by atoms with Gasteiger partial charge in [-0.1, -0.05) is 6.07 Å². The van der Waals surface area contributed by atoms with Crippen LogP contribution in [0.3, 0.4) is 0 Å². The molecule has 3 aliphatic rings. The average Bonchev–Trinajstić information content (AvgIpc) is 3.13. The molecule has 7 heteroatoms. The number of benzene rings is 1. The van der Waals surface area contributed by atoms with Crippen molar-refractivity contribution in [3.63, 3.8) is 0 Å². The van der Waals surface area contributed by atoms with Gasteiger partial charge in [-0.25, -0.2) is 0 Å². The summed E-state index contributed by atoms with van der Waals surface area (Å²) in [7, 11) is 0. The summed E-state index contributed by atoms with van der Waals surface area (Å²) in [5.41, 5.74) is 0.944. The highest BCUT2D eigenvalue weighted by atomic mass is 32.2. The summed E-state index contributed by atoms with van der Waals surface area (Å²) in [6.45, 7) is 0.814. The summed E-state index contributed by atoms with van der Waals surface area (Å²) >= 11 is 1.63. The molecule has 0 saturated carbocycles. The molecule has 0 aromatic heterocycles. The highest BCUT2D eigenvalue weighted by Gasteiger charge is 2.42. The largest absolute Gasteiger partial charge is 0.454 e. The quantitative estimate of drug-likeness (QED) is 0.803. The number of amides is 2. The van der Waals surface area contributed by atoms with Crippen molar-refractivity contribution in [1.29, 1.82) is 0 Å². The summed E-state index contributed by atoms with van der Waals surface area (Å²) in [5.74, 6) is 2.82. The normalized spacial score (nSPS) is 23.7. The Hall–Kier alpha value is -1.89. The van der Waals surface area contributed by atoms with Crippen molar-refractivity contribution >= 4 is 23.6 Å². The number of ether oxygens (including phenoxy) is 2. The van der Waals surface area contributed by atoms with E-state index in [0.29, 0.717) is 23.9 Å². The predicted octanol–water partition coefficient (Wildman–Crippen LogP) is 0.659. The molecule has 0 N–H and O–H groups in total. The Morgan fingerprint density at radius 2 is 2.10 bits per heavy atom. The zero-order valence-corrected chi connectivity index (χ0v) is 12.1. The molecule has 1 aromatic rings. The fraction of sp³-hybridized carbons (Fsp3) is 0.429. The van der Waals surface area contributed by atoms with E-state index in [-0.39, 0.29) is 31.2 Å². The third-order valence-corrected chi connectivity index (χ3v) is 4.95. The topological polar surface area (TPSA) is 59.1 Å². The maximum atomic E-state index is 12.5. The zero-order valence-electron chi connectivity index (χ0n) is 11.3. The van der Waals surface area contributed by atoms with Crippen LogP contribution in [0.25, 0.3) is 0 Å². The van der Waals surface area contributed by atoms with Crippen molar-refractivity contribution in [2.75, 3.05) is 25.0 Å². The Bertz CT molecular complexity index is 621. The minimum Gasteiger partial charge on any atom is -0.454 e. The molecule has 4 rings (SSSR count). The standard InChI is InChI=1S/C14H14N2O4S/c17-13-5-15(14(18)10-6-21-7-16(10)13)4-9-1-2-11-12(3-9)20-8-19-11/h1-3,10H,4-8H2/t10-/m0/s1. The van der Waals surface area contributed by atoms with Crippen LogP contribution in [0.4, 0.5) is 0 Å². The van der Waals surface area contributed by atoms with Gasteiger partial charge in [0.25, 0.3) is 0 Å². The lowest BCUT2D eigenvalue weighted by Gasteiger charge is -2.35. The minimum atomic E-state index is -0.287. The van der Waals surface area contributed by atoms with Crippen molar-refractivity contribution in [2.24, 2.45) is 0 Å². The first-order valence-corrected chi connectivity index (χ1v) is 7.92. The number of hydrogen-bond acceptors (Lipinski definition) is 5. The van der Waals surface area contributed by atoms with Crippen LogP contribution in [0.2, 0.25) is 0 Å². The van der Waals surface area contributed by atoms with Gasteiger partial charge in [0.2, 0.25) is 18.6 Å². The molecule has 1 atom stereocenters. The second kappa shape index (κ2) is 4.84. The monoisotopic (exact) mass is 306 g/mol. The number of nitrogens with zero attached hydrogens (tertiary/aromatic N) is 2. The Morgan fingerprint density at radius 3 is 3.00 bits per heavy atom. The van der Waals surface area contributed by atoms with E-state index in [1.54, 1.807) is 21.6 Å². The summed E-state index contributed by atoms with van der Waals surface area (Å²) in [4.78, 5) is 27.9. The number of rotatable bonds is 2. The third-order valence-electron chi connectivity index (χ3n) is 3.94. The second-order valence-corrected chi connectivity index (χ2v) is 6.26. The first-order valence-electron chi connectivity index (χ1n) is 6.77. The smallest absolute Gasteiger partial charge is 0.247 e. The SMILES string of the molecule is O=C1[C@@H]2CSCN2C(=O)CN1Cc1ccc2c(c1)OCO2. The summed E-state index contributed by atoms with van der Waals surface area (Å²) in [6, 6.07) is 5.33. The molecule has 0 radical (unpaired) electrons. The lowest BCUT2D eigenvalue weighted by molar-refractivity contribution is -0.153.